The van der Waals surface area contributed by atoms with Crippen LogP contribution in [0.25, 0.3) is 11.5 Å². The van der Waals surface area contributed by atoms with Gasteiger partial charge in [0.2, 0.25) is 0 Å². The van der Waals surface area contributed by atoms with Crippen LogP contribution in [0.1, 0.15) is 17.7 Å². The van der Waals surface area contributed by atoms with E-state index in [1.807, 2.05) is 36.7 Å². The molecule has 2 aromatic heterocycles. The van der Waals surface area contributed by atoms with Gasteiger partial charge in [-0.25, -0.2) is 4.39 Å². The molecule has 3 aromatic rings. The molecule has 3 rings (SSSR count). The number of benzene rings is 1. The number of hydrogen-bond acceptors (Lipinski definition) is 4. The quantitative estimate of drug-likeness (QED) is 0.650. The summed E-state index contributed by atoms with van der Waals surface area (Å²) in [6, 6.07) is 10.4. The average Bonchev–Trinajstić information content (AvgIpc) is 2.92. The van der Waals surface area contributed by atoms with Crippen molar-refractivity contribution in [1.82, 2.24) is 19.7 Å². The Morgan fingerprint density at radius 2 is 2.04 bits per heavy atom. The highest BCUT2D eigenvalue weighted by Gasteiger charge is 2.16. The molecule has 7 heteroatoms. The van der Waals surface area contributed by atoms with Gasteiger partial charge in [0.1, 0.15) is 11.5 Å². The lowest BCUT2D eigenvalue weighted by Gasteiger charge is -2.11. The monoisotopic (exact) mass is 348 g/mol. The van der Waals surface area contributed by atoms with Crippen LogP contribution in [0.4, 0.5) is 4.39 Å². The summed E-state index contributed by atoms with van der Waals surface area (Å²) in [6.45, 7) is 2.02. The molecular weight excluding hydrogens is 335 g/mol. The second-order valence-electron chi connectivity index (χ2n) is 5.01. The number of thioether (sulfide) groups is 1. The summed E-state index contributed by atoms with van der Waals surface area (Å²) >= 11 is 7.38. The van der Waals surface area contributed by atoms with Crippen molar-refractivity contribution in [2.75, 3.05) is 0 Å². The Kier molecular flexibility index (Phi) is 4.63. The standard InChI is InChI=1S/C16H14ClFN4S/c1-10(11-6-7-13(18)12(17)9-11)23-16-21-20-15(22(16)2)14-5-3-4-8-19-14/h3-10H,1-2H3/t10-/m0/s1. The van der Waals surface area contributed by atoms with Gasteiger partial charge >= 0.3 is 0 Å². The van der Waals surface area contributed by atoms with Gasteiger partial charge in [0.25, 0.3) is 0 Å². The van der Waals surface area contributed by atoms with Gasteiger partial charge in [-0.05, 0) is 36.8 Å². The maximum Gasteiger partial charge on any atom is 0.191 e. The zero-order valence-electron chi connectivity index (χ0n) is 12.6. The Balaban J connectivity index is 1.83. The molecule has 4 nitrogen and oxygen atoms in total. The molecule has 2 heterocycles. The first-order valence-electron chi connectivity index (χ1n) is 6.98. The Morgan fingerprint density at radius 1 is 1.22 bits per heavy atom. The van der Waals surface area contributed by atoms with Crippen molar-refractivity contribution in [3.8, 4) is 11.5 Å². The lowest BCUT2D eigenvalue weighted by molar-refractivity contribution is 0.627. The molecule has 0 unspecified atom stereocenters. The number of nitrogens with zero attached hydrogens (tertiary/aromatic N) is 4. The van der Waals surface area contributed by atoms with Crippen LogP contribution in [0.5, 0.6) is 0 Å². The molecule has 0 aliphatic heterocycles. The van der Waals surface area contributed by atoms with E-state index in [0.29, 0.717) is 5.82 Å². The maximum atomic E-state index is 13.3. The summed E-state index contributed by atoms with van der Waals surface area (Å²) < 4.78 is 15.2. The highest BCUT2D eigenvalue weighted by atomic mass is 35.5. The predicted molar refractivity (Wildman–Crippen MR) is 89.9 cm³/mol. The number of aromatic nitrogens is 4. The molecule has 0 aliphatic carbocycles. The first-order valence-corrected chi connectivity index (χ1v) is 8.24. The fraction of sp³-hybridized carbons (Fsp3) is 0.188. The summed E-state index contributed by atoms with van der Waals surface area (Å²) in [4.78, 5) is 4.29. The number of rotatable bonds is 4. The van der Waals surface area contributed by atoms with Crippen LogP contribution in [0.2, 0.25) is 5.02 Å². The van der Waals surface area contributed by atoms with Crippen molar-refractivity contribution in [3.63, 3.8) is 0 Å². The Labute approximate surface area is 142 Å². The van der Waals surface area contributed by atoms with E-state index in [4.69, 9.17) is 11.6 Å². The van der Waals surface area contributed by atoms with E-state index in [-0.39, 0.29) is 10.3 Å². The number of halogens is 2. The largest absolute Gasteiger partial charge is 0.304 e. The molecule has 0 aliphatic rings. The lowest BCUT2D eigenvalue weighted by Crippen LogP contribution is -1.98. The van der Waals surface area contributed by atoms with Gasteiger partial charge in [-0.15, -0.1) is 10.2 Å². The second kappa shape index (κ2) is 6.68. The normalized spacial score (nSPS) is 12.3. The van der Waals surface area contributed by atoms with E-state index in [1.165, 1.54) is 17.8 Å². The zero-order valence-corrected chi connectivity index (χ0v) is 14.1. The third kappa shape index (κ3) is 3.38. The molecule has 1 aromatic carbocycles. The molecule has 1 atom stereocenters. The van der Waals surface area contributed by atoms with Gasteiger partial charge in [-0.2, -0.15) is 0 Å². The summed E-state index contributed by atoms with van der Waals surface area (Å²) in [5.41, 5.74) is 1.70. The van der Waals surface area contributed by atoms with E-state index in [1.54, 1.807) is 18.3 Å². The summed E-state index contributed by atoms with van der Waals surface area (Å²) in [5, 5.41) is 9.39. The minimum atomic E-state index is -0.413. The molecule has 0 saturated carbocycles. The molecule has 0 saturated heterocycles. The predicted octanol–water partition coefficient (Wildman–Crippen LogP) is 4.52. The minimum absolute atomic E-state index is 0.0626. The van der Waals surface area contributed by atoms with Gasteiger partial charge in [0.15, 0.2) is 11.0 Å². The van der Waals surface area contributed by atoms with E-state index in [9.17, 15) is 4.39 Å². The van der Waals surface area contributed by atoms with Gasteiger partial charge in [-0.3, -0.25) is 4.98 Å². The molecule has 0 bridgehead atoms. The third-order valence-corrected chi connectivity index (χ3v) is 4.91. The SMILES string of the molecule is C[C@H](Sc1nnc(-c2ccccn2)n1C)c1ccc(F)c(Cl)c1. The summed E-state index contributed by atoms with van der Waals surface area (Å²) in [5.74, 6) is 0.293. The van der Waals surface area contributed by atoms with Crippen LogP contribution < -0.4 is 0 Å². The lowest BCUT2D eigenvalue weighted by atomic mass is 10.2. The zero-order chi connectivity index (χ0) is 16.4. The van der Waals surface area contributed by atoms with Crippen LogP contribution in [0, 0.1) is 5.82 Å². The van der Waals surface area contributed by atoms with Crippen molar-refractivity contribution in [1.29, 1.82) is 0 Å². The van der Waals surface area contributed by atoms with Crippen molar-refractivity contribution in [3.05, 3.63) is 59.0 Å². The maximum absolute atomic E-state index is 13.3. The molecule has 0 amide bonds. The third-order valence-electron chi connectivity index (χ3n) is 3.42. The van der Waals surface area contributed by atoms with Crippen molar-refractivity contribution in [2.24, 2.45) is 7.05 Å². The fourth-order valence-electron chi connectivity index (χ4n) is 2.13. The molecule has 0 radical (unpaired) electrons. The smallest absolute Gasteiger partial charge is 0.191 e. The fourth-order valence-corrected chi connectivity index (χ4v) is 3.25. The number of hydrogen-bond donors (Lipinski definition) is 0. The van der Waals surface area contributed by atoms with Crippen molar-refractivity contribution >= 4 is 23.4 Å². The van der Waals surface area contributed by atoms with E-state index >= 15 is 0 Å². The van der Waals surface area contributed by atoms with Crippen molar-refractivity contribution in [2.45, 2.75) is 17.3 Å². The second-order valence-corrected chi connectivity index (χ2v) is 6.73. The van der Waals surface area contributed by atoms with E-state index in [2.05, 4.69) is 15.2 Å². The van der Waals surface area contributed by atoms with Gasteiger partial charge in [0, 0.05) is 18.5 Å². The highest BCUT2D eigenvalue weighted by Crippen LogP contribution is 2.35. The molecule has 118 valence electrons. The molecule has 0 spiro atoms. The number of pyridine rings is 1. The van der Waals surface area contributed by atoms with Gasteiger partial charge < -0.3 is 4.57 Å². The van der Waals surface area contributed by atoms with Crippen LogP contribution in [-0.2, 0) is 7.05 Å². The minimum Gasteiger partial charge on any atom is -0.304 e. The van der Waals surface area contributed by atoms with Crippen molar-refractivity contribution < 1.29 is 4.39 Å². The average molecular weight is 349 g/mol. The van der Waals surface area contributed by atoms with Crippen LogP contribution >= 0.6 is 23.4 Å². The molecule has 0 N–H and O–H groups in total. The molecule has 0 fully saturated rings. The van der Waals surface area contributed by atoms with E-state index in [0.717, 1.165) is 16.4 Å². The van der Waals surface area contributed by atoms with Crippen LogP contribution in [0.3, 0.4) is 0 Å². The van der Waals surface area contributed by atoms with Crippen LogP contribution in [-0.4, -0.2) is 19.7 Å². The summed E-state index contributed by atoms with van der Waals surface area (Å²) in [7, 11) is 1.90. The topological polar surface area (TPSA) is 43.6 Å². The van der Waals surface area contributed by atoms with E-state index < -0.39 is 5.82 Å². The summed E-state index contributed by atoms with van der Waals surface area (Å²) in [6.07, 6.45) is 1.72. The molecule has 23 heavy (non-hydrogen) atoms. The van der Waals surface area contributed by atoms with Gasteiger partial charge in [0.05, 0.1) is 5.02 Å². The highest BCUT2D eigenvalue weighted by molar-refractivity contribution is 7.99. The van der Waals surface area contributed by atoms with Crippen LogP contribution in [0.15, 0.2) is 47.8 Å². The Morgan fingerprint density at radius 3 is 2.74 bits per heavy atom. The Bertz CT molecular complexity index is 822. The first kappa shape index (κ1) is 16.0. The first-order chi connectivity index (χ1) is 11.1. The Hall–Kier alpha value is -1.92. The van der Waals surface area contributed by atoms with Gasteiger partial charge in [-0.1, -0.05) is 35.5 Å². The molecular formula is C16H14ClFN4S.